The molecular formula is C13H21NO3. The molecule has 17 heavy (non-hydrogen) atoms. The molecule has 0 aliphatic heterocycles. The van der Waals surface area contributed by atoms with Gasteiger partial charge in [-0.3, -0.25) is 0 Å². The molecule has 0 amide bonds. The van der Waals surface area contributed by atoms with Crippen LogP contribution < -0.4 is 14.8 Å². The average Bonchev–Trinajstić information content (AvgIpc) is 2.28. The minimum atomic E-state index is -0.811. The lowest BCUT2D eigenvalue weighted by Crippen LogP contribution is -2.38. The highest BCUT2D eigenvalue weighted by atomic mass is 16.5. The summed E-state index contributed by atoms with van der Waals surface area (Å²) in [5.41, 5.74) is 0.126. The van der Waals surface area contributed by atoms with Crippen LogP contribution in [0, 0.1) is 0 Å². The van der Waals surface area contributed by atoms with Gasteiger partial charge >= 0.3 is 0 Å². The van der Waals surface area contributed by atoms with E-state index in [1.165, 1.54) is 0 Å². The van der Waals surface area contributed by atoms with Crippen LogP contribution in [0.4, 0.5) is 0 Å². The zero-order chi connectivity index (χ0) is 12.9. The van der Waals surface area contributed by atoms with Crippen LogP contribution in [0.3, 0.4) is 0 Å². The molecule has 4 heteroatoms. The third-order valence-corrected chi connectivity index (χ3v) is 2.62. The summed E-state index contributed by atoms with van der Waals surface area (Å²) >= 11 is 0. The number of nitrogens with one attached hydrogen (secondary N) is 1. The summed E-state index contributed by atoms with van der Waals surface area (Å²) in [5, 5.41) is 13.2. The van der Waals surface area contributed by atoms with Gasteiger partial charge in [-0.25, -0.2) is 0 Å². The number of aliphatic hydroxyl groups is 1. The van der Waals surface area contributed by atoms with Crippen molar-refractivity contribution in [2.45, 2.75) is 18.9 Å². The van der Waals surface area contributed by atoms with Crippen molar-refractivity contribution >= 4 is 0 Å². The van der Waals surface area contributed by atoms with E-state index in [-0.39, 0.29) is 0 Å². The number of rotatable bonds is 6. The molecule has 1 unspecified atom stereocenters. The first-order chi connectivity index (χ1) is 8.02. The van der Waals surface area contributed by atoms with Gasteiger partial charge in [-0.15, -0.1) is 0 Å². The van der Waals surface area contributed by atoms with E-state index in [9.17, 15) is 5.11 Å². The third-order valence-electron chi connectivity index (χ3n) is 2.62. The standard InChI is InChI=1S/C13H21NO3/c1-13(15,9-14-2)8-10-7-11(16-3)5-6-12(10)17-4/h5-7,14-15H,8-9H2,1-4H3. The molecule has 0 bridgehead atoms. The van der Waals surface area contributed by atoms with Gasteiger partial charge in [-0.05, 0) is 32.2 Å². The van der Waals surface area contributed by atoms with Crippen LogP contribution in [0.25, 0.3) is 0 Å². The predicted octanol–water partition coefficient (Wildman–Crippen LogP) is 1.22. The highest BCUT2D eigenvalue weighted by Crippen LogP contribution is 2.27. The Morgan fingerprint density at radius 2 is 2.00 bits per heavy atom. The van der Waals surface area contributed by atoms with Crippen molar-refractivity contribution in [1.29, 1.82) is 0 Å². The van der Waals surface area contributed by atoms with Crippen LogP contribution >= 0.6 is 0 Å². The number of likely N-dealkylation sites (N-methyl/N-ethyl adjacent to an activating group) is 1. The van der Waals surface area contributed by atoms with Crippen LogP contribution in [-0.4, -0.2) is 38.5 Å². The number of ether oxygens (including phenoxy) is 2. The van der Waals surface area contributed by atoms with E-state index >= 15 is 0 Å². The maximum atomic E-state index is 10.2. The summed E-state index contributed by atoms with van der Waals surface area (Å²) in [4.78, 5) is 0. The van der Waals surface area contributed by atoms with Gasteiger partial charge in [0.1, 0.15) is 11.5 Å². The molecule has 0 heterocycles. The van der Waals surface area contributed by atoms with E-state index in [0.29, 0.717) is 13.0 Å². The Hall–Kier alpha value is -1.26. The van der Waals surface area contributed by atoms with Crippen molar-refractivity contribution in [2.75, 3.05) is 27.8 Å². The molecule has 0 aliphatic carbocycles. The molecule has 2 N–H and O–H groups in total. The average molecular weight is 239 g/mol. The predicted molar refractivity (Wildman–Crippen MR) is 67.8 cm³/mol. The fraction of sp³-hybridized carbons (Fsp3) is 0.538. The van der Waals surface area contributed by atoms with Crippen molar-refractivity contribution in [1.82, 2.24) is 5.32 Å². The second-order valence-electron chi connectivity index (χ2n) is 4.38. The zero-order valence-corrected chi connectivity index (χ0v) is 10.9. The van der Waals surface area contributed by atoms with Crippen molar-refractivity contribution in [3.8, 4) is 11.5 Å². The second kappa shape index (κ2) is 5.89. The van der Waals surface area contributed by atoms with Crippen molar-refractivity contribution in [3.63, 3.8) is 0 Å². The van der Waals surface area contributed by atoms with Crippen molar-refractivity contribution < 1.29 is 14.6 Å². The summed E-state index contributed by atoms with van der Waals surface area (Å²) < 4.78 is 10.5. The Balaban J connectivity index is 2.94. The molecule has 1 atom stereocenters. The van der Waals surface area contributed by atoms with Gasteiger partial charge in [0.25, 0.3) is 0 Å². The fourth-order valence-corrected chi connectivity index (χ4v) is 1.87. The highest BCUT2D eigenvalue weighted by molar-refractivity contribution is 5.41. The van der Waals surface area contributed by atoms with Gasteiger partial charge in [0.15, 0.2) is 0 Å². The second-order valence-corrected chi connectivity index (χ2v) is 4.38. The lowest BCUT2D eigenvalue weighted by Gasteiger charge is -2.24. The van der Waals surface area contributed by atoms with Crippen LogP contribution in [-0.2, 0) is 6.42 Å². The van der Waals surface area contributed by atoms with Crippen molar-refractivity contribution in [2.24, 2.45) is 0 Å². The summed E-state index contributed by atoms with van der Waals surface area (Å²) in [6.45, 7) is 2.32. The quantitative estimate of drug-likeness (QED) is 0.783. The monoisotopic (exact) mass is 239 g/mol. The summed E-state index contributed by atoms with van der Waals surface area (Å²) in [6, 6.07) is 5.59. The van der Waals surface area contributed by atoms with E-state index in [0.717, 1.165) is 17.1 Å². The summed E-state index contributed by atoms with van der Waals surface area (Å²) in [5.74, 6) is 1.53. The first-order valence-electron chi connectivity index (χ1n) is 5.60. The largest absolute Gasteiger partial charge is 0.497 e. The lowest BCUT2D eigenvalue weighted by atomic mass is 9.95. The molecule has 96 valence electrons. The SMILES string of the molecule is CNCC(C)(O)Cc1cc(OC)ccc1OC. The Morgan fingerprint density at radius 3 is 2.53 bits per heavy atom. The first kappa shape index (κ1) is 13.8. The maximum absolute atomic E-state index is 10.2. The Kier molecular flexibility index (Phi) is 4.78. The van der Waals surface area contributed by atoms with Crippen LogP contribution in [0.1, 0.15) is 12.5 Å². The topological polar surface area (TPSA) is 50.7 Å². The molecule has 0 fully saturated rings. The lowest BCUT2D eigenvalue weighted by molar-refractivity contribution is 0.0616. The molecule has 1 aromatic carbocycles. The van der Waals surface area contributed by atoms with E-state index in [1.807, 2.05) is 25.2 Å². The molecule has 1 aromatic rings. The zero-order valence-electron chi connectivity index (χ0n) is 10.9. The minimum absolute atomic E-state index is 0.508. The van der Waals surface area contributed by atoms with E-state index in [2.05, 4.69) is 5.32 Å². The molecule has 0 aliphatic rings. The molecule has 0 radical (unpaired) electrons. The summed E-state index contributed by atoms with van der Waals surface area (Å²) in [7, 11) is 5.06. The van der Waals surface area contributed by atoms with Crippen LogP contribution in [0.2, 0.25) is 0 Å². The number of hydrogen-bond acceptors (Lipinski definition) is 4. The van der Waals surface area contributed by atoms with Gasteiger partial charge in [-0.2, -0.15) is 0 Å². The normalized spacial score (nSPS) is 14.2. The number of methoxy groups -OCH3 is 2. The van der Waals surface area contributed by atoms with Gasteiger partial charge < -0.3 is 19.9 Å². The maximum Gasteiger partial charge on any atom is 0.122 e. The van der Waals surface area contributed by atoms with Crippen molar-refractivity contribution in [3.05, 3.63) is 23.8 Å². The first-order valence-corrected chi connectivity index (χ1v) is 5.60. The van der Waals surface area contributed by atoms with Crippen LogP contribution in [0.15, 0.2) is 18.2 Å². The van der Waals surface area contributed by atoms with Gasteiger partial charge in [0.2, 0.25) is 0 Å². The highest BCUT2D eigenvalue weighted by Gasteiger charge is 2.22. The molecule has 0 saturated carbocycles. The molecular weight excluding hydrogens is 218 g/mol. The molecule has 1 rings (SSSR count). The summed E-state index contributed by atoms with van der Waals surface area (Å²) in [6.07, 6.45) is 0.508. The molecule has 0 saturated heterocycles. The fourth-order valence-electron chi connectivity index (χ4n) is 1.87. The van der Waals surface area contributed by atoms with Crippen LogP contribution in [0.5, 0.6) is 11.5 Å². The molecule has 4 nitrogen and oxygen atoms in total. The van der Waals surface area contributed by atoms with Gasteiger partial charge in [0, 0.05) is 18.5 Å². The Labute approximate surface area is 103 Å². The van der Waals surface area contributed by atoms with Gasteiger partial charge in [-0.1, -0.05) is 0 Å². The number of benzene rings is 1. The Morgan fingerprint density at radius 1 is 1.29 bits per heavy atom. The van der Waals surface area contributed by atoms with E-state index in [1.54, 1.807) is 21.1 Å². The molecule has 0 aromatic heterocycles. The third kappa shape index (κ3) is 3.91. The van der Waals surface area contributed by atoms with Gasteiger partial charge in [0.05, 0.1) is 19.8 Å². The van der Waals surface area contributed by atoms with E-state index in [4.69, 9.17) is 9.47 Å². The minimum Gasteiger partial charge on any atom is -0.497 e. The smallest absolute Gasteiger partial charge is 0.122 e. The Bertz CT molecular complexity index is 364. The number of hydrogen-bond donors (Lipinski definition) is 2. The van der Waals surface area contributed by atoms with E-state index < -0.39 is 5.60 Å². The molecule has 0 spiro atoms.